The van der Waals surface area contributed by atoms with E-state index in [4.69, 9.17) is 16.1 Å². The predicted octanol–water partition coefficient (Wildman–Crippen LogP) is 2.91. The second-order valence-corrected chi connectivity index (χ2v) is 6.15. The highest BCUT2D eigenvalue weighted by atomic mass is 35.5. The lowest BCUT2D eigenvalue weighted by molar-refractivity contribution is 0.0905. The van der Waals surface area contributed by atoms with Gasteiger partial charge in [-0.25, -0.2) is 0 Å². The Kier molecular flexibility index (Phi) is 4.76. The molecule has 0 bridgehead atoms. The molecule has 1 unspecified atom stereocenters. The van der Waals surface area contributed by atoms with E-state index < -0.39 is 0 Å². The van der Waals surface area contributed by atoms with Gasteiger partial charge in [-0.05, 0) is 25.5 Å². The van der Waals surface area contributed by atoms with Gasteiger partial charge in [-0.1, -0.05) is 35.0 Å². The normalized spacial score (nSPS) is 18.5. The van der Waals surface area contributed by atoms with Crippen LogP contribution in [0.1, 0.15) is 30.2 Å². The summed E-state index contributed by atoms with van der Waals surface area (Å²) in [5.74, 6) is 1.39. The van der Waals surface area contributed by atoms with Crippen molar-refractivity contribution in [1.29, 1.82) is 0 Å². The van der Waals surface area contributed by atoms with E-state index in [9.17, 15) is 0 Å². The summed E-state index contributed by atoms with van der Waals surface area (Å²) in [4.78, 5) is 9.09. The Hall–Kier alpha value is -1.43. The second kappa shape index (κ2) is 6.77. The van der Waals surface area contributed by atoms with Crippen molar-refractivity contribution in [3.8, 4) is 0 Å². The number of piperazine rings is 1. The van der Waals surface area contributed by atoms with Crippen LogP contribution in [0.4, 0.5) is 0 Å². The SMILES string of the molecule is Cc1noc(CN2CCN(C(C)c3ccccc3Cl)CC2)n1. The lowest BCUT2D eigenvalue weighted by Gasteiger charge is -2.37. The molecule has 0 aliphatic carbocycles. The number of aromatic nitrogens is 2. The van der Waals surface area contributed by atoms with Crippen molar-refractivity contribution >= 4 is 11.6 Å². The Labute approximate surface area is 135 Å². The topological polar surface area (TPSA) is 45.4 Å². The highest BCUT2D eigenvalue weighted by Gasteiger charge is 2.24. The third-order valence-corrected chi connectivity index (χ3v) is 4.58. The number of benzene rings is 1. The summed E-state index contributed by atoms with van der Waals surface area (Å²) >= 11 is 6.31. The van der Waals surface area contributed by atoms with Crippen LogP contribution in [0.25, 0.3) is 0 Å². The molecule has 0 spiro atoms. The molecule has 0 radical (unpaired) electrons. The van der Waals surface area contributed by atoms with Gasteiger partial charge in [0.2, 0.25) is 5.89 Å². The van der Waals surface area contributed by atoms with Gasteiger partial charge in [0, 0.05) is 37.2 Å². The van der Waals surface area contributed by atoms with Crippen molar-refractivity contribution in [2.75, 3.05) is 26.2 Å². The van der Waals surface area contributed by atoms with Crippen LogP contribution in [-0.4, -0.2) is 46.1 Å². The Bertz CT molecular complexity index is 622. The molecule has 118 valence electrons. The minimum atomic E-state index is 0.335. The monoisotopic (exact) mass is 320 g/mol. The lowest BCUT2D eigenvalue weighted by atomic mass is 10.1. The molecule has 3 rings (SSSR count). The van der Waals surface area contributed by atoms with Crippen molar-refractivity contribution in [2.24, 2.45) is 0 Å². The molecule has 1 aromatic carbocycles. The summed E-state index contributed by atoms with van der Waals surface area (Å²) in [6.07, 6.45) is 0. The molecule has 1 aliphatic rings. The molecule has 2 heterocycles. The third kappa shape index (κ3) is 3.48. The predicted molar refractivity (Wildman–Crippen MR) is 85.8 cm³/mol. The zero-order valence-corrected chi connectivity index (χ0v) is 13.8. The van der Waals surface area contributed by atoms with E-state index in [1.54, 1.807) is 0 Å². The smallest absolute Gasteiger partial charge is 0.240 e. The summed E-state index contributed by atoms with van der Waals surface area (Å²) in [5.41, 5.74) is 1.20. The zero-order valence-electron chi connectivity index (χ0n) is 13.0. The molecule has 2 aromatic rings. The molecule has 1 atom stereocenters. The molecular formula is C16H21ClN4O. The first-order valence-corrected chi connectivity index (χ1v) is 8.01. The number of halogens is 1. The maximum atomic E-state index is 6.31. The molecule has 0 N–H and O–H groups in total. The lowest BCUT2D eigenvalue weighted by Crippen LogP contribution is -2.46. The van der Waals surface area contributed by atoms with E-state index in [0.717, 1.165) is 37.7 Å². The van der Waals surface area contributed by atoms with E-state index in [0.29, 0.717) is 17.8 Å². The molecule has 1 aromatic heterocycles. The van der Waals surface area contributed by atoms with Gasteiger partial charge < -0.3 is 4.52 Å². The zero-order chi connectivity index (χ0) is 15.5. The number of hydrogen-bond donors (Lipinski definition) is 0. The van der Waals surface area contributed by atoms with Crippen molar-refractivity contribution in [2.45, 2.75) is 26.4 Å². The van der Waals surface area contributed by atoms with Gasteiger partial charge in [0.1, 0.15) is 0 Å². The summed E-state index contributed by atoms with van der Waals surface area (Å²) in [6.45, 7) is 8.81. The first-order valence-electron chi connectivity index (χ1n) is 7.63. The highest BCUT2D eigenvalue weighted by Crippen LogP contribution is 2.27. The van der Waals surface area contributed by atoms with Gasteiger partial charge in [0.15, 0.2) is 5.82 Å². The Balaban J connectivity index is 1.56. The summed E-state index contributed by atoms with van der Waals surface area (Å²) in [5, 5.41) is 4.68. The quantitative estimate of drug-likeness (QED) is 0.866. The average molecular weight is 321 g/mol. The van der Waals surface area contributed by atoms with Crippen molar-refractivity contribution < 1.29 is 4.52 Å². The van der Waals surface area contributed by atoms with Gasteiger partial charge in [-0.3, -0.25) is 9.80 Å². The fourth-order valence-corrected chi connectivity index (χ4v) is 3.21. The van der Waals surface area contributed by atoms with Crippen LogP contribution in [0, 0.1) is 6.92 Å². The number of aryl methyl sites for hydroxylation is 1. The Morgan fingerprint density at radius 1 is 1.23 bits per heavy atom. The van der Waals surface area contributed by atoms with Gasteiger partial charge >= 0.3 is 0 Å². The van der Waals surface area contributed by atoms with Gasteiger partial charge in [0.05, 0.1) is 6.54 Å². The second-order valence-electron chi connectivity index (χ2n) is 5.74. The van der Waals surface area contributed by atoms with Crippen molar-refractivity contribution in [1.82, 2.24) is 19.9 Å². The first kappa shape index (κ1) is 15.5. The summed E-state index contributed by atoms with van der Waals surface area (Å²) in [6, 6.07) is 8.43. The van der Waals surface area contributed by atoms with Crippen LogP contribution in [0.15, 0.2) is 28.8 Å². The Morgan fingerprint density at radius 3 is 2.59 bits per heavy atom. The van der Waals surface area contributed by atoms with Gasteiger partial charge in [-0.15, -0.1) is 0 Å². The maximum absolute atomic E-state index is 6.31. The van der Waals surface area contributed by atoms with Crippen LogP contribution >= 0.6 is 11.6 Å². The maximum Gasteiger partial charge on any atom is 0.240 e. The van der Waals surface area contributed by atoms with Crippen LogP contribution in [0.2, 0.25) is 5.02 Å². The molecule has 1 saturated heterocycles. The average Bonchev–Trinajstić information content (AvgIpc) is 2.93. The molecule has 0 amide bonds. The van der Waals surface area contributed by atoms with E-state index in [1.165, 1.54) is 5.56 Å². The molecule has 1 aliphatic heterocycles. The van der Waals surface area contributed by atoms with E-state index >= 15 is 0 Å². The minimum Gasteiger partial charge on any atom is -0.338 e. The molecule has 1 fully saturated rings. The molecular weight excluding hydrogens is 300 g/mol. The van der Waals surface area contributed by atoms with Gasteiger partial charge in [0.25, 0.3) is 0 Å². The van der Waals surface area contributed by atoms with E-state index in [1.807, 2.05) is 25.1 Å². The van der Waals surface area contributed by atoms with Crippen molar-refractivity contribution in [3.63, 3.8) is 0 Å². The number of nitrogens with zero attached hydrogens (tertiary/aromatic N) is 4. The minimum absolute atomic E-state index is 0.335. The van der Waals surface area contributed by atoms with E-state index in [2.05, 4.69) is 32.9 Å². The van der Waals surface area contributed by atoms with Crippen molar-refractivity contribution in [3.05, 3.63) is 46.6 Å². The fourth-order valence-electron chi connectivity index (χ4n) is 2.91. The summed E-state index contributed by atoms with van der Waals surface area (Å²) in [7, 11) is 0. The number of hydrogen-bond acceptors (Lipinski definition) is 5. The fraction of sp³-hybridized carbons (Fsp3) is 0.500. The molecule has 5 nitrogen and oxygen atoms in total. The van der Waals surface area contributed by atoms with E-state index in [-0.39, 0.29) is 0 Å². The largest absolute Gasteiger partial charge is 0.338 e. The van der Waals surface area contributed by atoms with Gasteiger partial charge in [-0.2, -0.15) is 4.98 Å². The van der Waals surface area contributed by atoms with Crippen LogP contribution < -0.4 is 0 Å². The third-order valence-electron chi connectivity index (χ3n) is 4.24. The number of rotatable bonds is 4. The first-order chi connectivity index (χ1) is 10.6. The summed E-state index contributed by atoms with van der Waals surface area (Å²) < 4.78 is 5.19. The molecule has 22 heavy (non-hydrogen) atoms. The molecule has 6 heteroatoms. The standard InChI is InChI=1S/C16H21ClN4O/c1-12(14-5-3-4-6-15(14)17)21-9-7-20(8-10-21)11-16-18-13(2)19-22-16/h3-6,12H,7-11H2,1-2H3. The highest BCUT2D eigenvalue weighted by molar-refractivity contribution is 6.31. The van der Waals surface area contributed by atoms with Crippen LogP contribution in [0.5, 0.6) is 0 Å². The van der Waals surface area contributed by atoms with Crippen LogP contribution in [0.3, 0.4) is 0 Å². The molecule has 0 saturated carbocycles. The Morgan fingerprint density at radius 2 is 1.95 bits per heavy atom. The van der Waals surface area contributed by atoms with Crippen LogP contribution in [-0.2, 0) is 6.54 Å².